The van der Waals surface area contributed by atoms with Crippen LogP contribution in [0.3, 0.4) is 0 Å². The monoisotopic (exact) mass is 544 g/mol. The third-order valence-corrected chi connectivity index (χ3v) is 6.28. The molecule has 10 nitrogen and oxygen atoms in total. The van der Waals surface area contributed by atoms with Gasteiger partial charge in [-0.05, 0) is 6.92 Å². The van der Waals surface area contributed by atoms with Crippen molar-refractivity contribution in [1.29, 1.82) is 0 Å². The van der Waals surface area contributed by atoms with Gasteiger partial charge in [-0.25, -0.2) is 9.97 Å². The minimum absolute atomic E-state index is 0. The molecule has 2 rings (SSSR count). The van der Waals surface area contributed by atoms with Crippen molar-refractivity contribution in [3.63, 3.8) is 0 Å². The Bertz CT molecular complexity index is 971. The maximum atomic E-state index is 11.9. The molecule has 0 fully saturated rings. The van der Waals surface area contributed by atoms with Gasteiger partial charge in [-0.1, -0.05) is 25.2 Å². The third kappa shape index (κ3) is 9.52. The predicted molar refractivity (Wildman–Crippen MR) is 134 cm³/mol. The first-order valence-electron chi connectivity index (χ1n) is 10.3. The molecule has 0 saturated heterocycles. The molecule has 0 aromatic carbocycles. The van der Waals surface area contributed by atoms with Crippen LogP contribution in [0, 0.1) is 19.3 Å². The fourth-order valence-electron chi connectivity index (χ4n) is 2.82. The number of nitrogen functional groups attached to an aromatic ring is 1. The number of ether oxygens (including phenoxy) is 1. The standard InChI is InChI=1S/C21H31N5O5S.Ca.ClH.2H/c1-13-16(32-12-26(13)10-15-9-24-14(2)25-19(15)22)6-8-31-17(28)5-7-23-20(30)18(29)21(3,4)11-27;;;;/h9,12,18,27,29H,5-8,10-11H2,1-4H3,(H2-,22,23,24,25,30);;1H;;/q;+2;;2*-1/p+1/t18-;;;;/m0..../s1. The number of carbonyl (C=O) groups excluding carboxylic acids is 2. The average Bonchev–Trinajstić information content (AvgIpc) is 3.08. The van der Waals surface area contributed by atoms with Crippen molar-refractivity contribution < 1.29 is 32.0 Å². The molecule has 0 bridgehead atoms. The van der Waals surface area contributed by atoms with Gasteiger partial charge in [0.15, 0.2) is 12.2 Å². The summed E-state index contributed by atoms with van der Waals surface area (Å²) < 4.78 is 7.31. The van der Waals surface area contributed by atoms with Gasteiger partial charge in [-0.3, -0.25) is 9.59 Å². The van der Waals surface area contributed by atoms with Gasteiger partial charge in [-0.15, -0.1) is 12.4 Å². The first-order chi connectivity index (χ1) is 15.0. The molecule has 5 N–H and O–H groups in total. The fourth-order valence-corrected chi connectivity index (χ4v) is 3.80. The number of rotatable bonds is 11. The molecule has 0 aliphatic heterocycles. The molecule has 0 radical (unpaired) electrons. The summed E-state index contributed by atoms with van der Waals surface area (Å²) in [7, 11) is 0. The van der Waals surface area contributed by atoms with E-state index >= 15 is 0 Å². The van der Waals surface area contributed by atoms with Crippen molar-refractivity contribution in [1.82, 2.24) is 15.3 Å². The zero-order valence-electron chi connectivity index (χ0n) is 22.0. The summed E-state index contributed by atoms with van der Waals surface area (Å²) in [6, 6.07) is 0. The molecule has 1 atom stereocenters. The van der Waals surface area contributed by atoms with Crippen LogP contribution >= 0.6 is 23.7 Å². The van der Waals surface area contributed by atoms with Gasteiger partial charge in [0.1, 0.15) is 17.7 Å². The summed E-state index contributed by atoms with van der Waals surface area (Å²) in [6.07, 6.45) is 0.934. The van der Waals surface area contributed by atoms with Crippen LogP contribution in [0.1, 0.15) is 45.1 Å². The molecule has 0 saturated carbocycles. The van der Waals surface area contributed by atoms with Crippen molar-refractivity contribution >= 4 is 79.2 Å². The molecular formula is C21H35CaClN5O5S+. The van der Waals surface area contributed by atoms with E-state index in [1.54, 1.807) is 38.3 Å². The van der Waals surface area contributed by atoms with Crippen LogP contribution in [-0.4, -0.2) is 95.7 Å². The van der Waals surface area contributed by atoms with E-state index < -0.39 is 23.4 Å². The van der Waals surface area contributed by atoms with Gasteiger partial charge >= 0.3 is 43.7 Å². The number of carbonyl (C=O) groups is 2. The molecule has 0 aliphatic carbocycles. The number of nitrogens with one attached hydrogen (secondary N) is 1. The maximum absolute atomic E-state index is 11.9. The predicted octanol–water partition coefficient (Wildman–Crippen LogP) is 0.310. The number of aliphatic hydroxyl groups is 2. The van der Waals surface area contributed by atoms with Crippen molar-refractivity contribution in [2.45, 2.75) is 53.2 Å². The zero-order chi connectivity index (χ0) is 23.9. The summed E-state index contributed by atoms with van der Waals surface area (Å²) in [6.45, 7) is 7.44. The molecule has 1 amide bonds. The minimum atomic E-state index is -1.36. The summed E-state index contributed by atoms with van der Waals surface area (Å²) >= 11 is 1.57. The van der Waals surface area contributed by atoms with Crippen LogP contribution in [0.25, 0.3) is 0 Å². The number of aliphatic hydroxyl groups excluding tert-OH is 2. The number of anilines is 1. The van der Waals surface area contributed by atoms with Gasteiger partial charge in [-0.2, -0.15) is 4.57 Å². The van der Waals surface area contributed by atoms with Gasteiger partial charge in [0.25, 0.3) is 0 Å². The first kappa shape index (κ1) is 32.9. The molecular weight excluding hydrogens is 510 g/mol. The van der Waals surface area contributed by atoms with Crippen LogP contribution in [-0.2, 0) is 27.3 Å². The Morgan fingerprint density at radius 3 is 2.68 bits per heavy atom. The first-order valence-corrected chi connectivity index (χ1v) is 11.2. The van der Waals surface area contributed by atoms with Crippen LogP contribution in [0.5, 0.6) is 0 Å². The van der Waals surface area contributed by atoms with Gasteiger partial charge in [0.05, 0.1) is 30.1 Å². The quantitative estimate of drug-likeness (QED) is 0.179. The number of halogens is 1. The van der Waals surface area contributed by atoms with E-state index in [9.17, 15) is 19.8 Å². The summed E-state index contributed by atoms with van der Waals surface area (Å²) in [5.74, 6) is 0.0271. The molecule has 2 aromatic heterocycles. The molecule has 13 heteroatoms. The summed E-state index contributed by atoms with van der Waals surface area (Å²) in [4.78, 5) is 33.3. The number of aromatic nitrogens is 3. The fraction of sp³-hybridized carbons (Fsp3) is 0.571. The van der Waals surface area contributed by atoms with Crippen LogP contribution in [0.4, 0.5) is 5.82 Å². The Morgan fingerprint density at radius 2 is 2.06 bits per heavy atom. The van der Waals surface area contributed by atoms with Crippen molar-refractivity contribution in [3.05, 3.63) is 33.7 Å². The largest absolute Gasteiger partial charge is 2.00 e. The topological polar surface area (TPSA) is 152 Å². The number of esters is 1. The van der Waals surface area contributed by atoms with E-state index in [0.717, 1.165) is 16.1 Å². The summed E-state index contributed by atoms with van der Waals surface area (Å²) in [5.41, 5.74) is 8.90. The Morgan fingerprint density at radius 1 is 1.38 bits per heavy atom. The normalized spacial score (nSPS) is 11.7. The smallest absolute Gasteiger partial charge is 1.00 e. The van der Waals surface area contributed by atoms with E-state index in [0.29, 0.717) is 24.6 Å². The van der Waals surface area contributed by atoms with Crippen LogP contribution in [0.2, 0.25) is 0 Å². The van der Waals surface area contributed by atoms with E-state index in [1.807, 2.05) is 12.4 Å². The Kier molecular flexibility index (Phi) is 14.6. The molecule has 0 spiro atoms. The molecule has 2 heterocycles. The van der Waals surface area contributed by atoms with Gasteiger partial charge in [0.2, 0.25) is 11.4 Å². The summed E-state index contributed by atoms with van der Waals surface area (Å²) in [5, 5.41) is 21.6. The van der Waals surface area contributed by atoms with E-state index in [4.69, 9.17) is 10.5 Å². The number of hydrogen-bond acceptors (Lipinski definition) is 9. The molecule has 188 valence electrons. The number of aryl methyl sites for hydroxylation is 1. The molecule has 2 aromatic rings. The molecule has 34 heavy (non-hydrogen) atoms. The number of thiazole rings is 1. The van der Waals surface area contributed by atoms with Gasteiger partial charge < -0.3 is 28.9 Å². The number of nitrogens with two attached hydrogens (primary N) is 1. The van der Waals surface area contributed by atoms with Crippen LogP contribution < -0.4 is 15.6 Å². The maximum Gasteiger partial charge on any atom is 2.00 e. The zero-order valence-corrected chi connectivity index (χ0v) is 23.9. The minimum Gasteiger partial charge on any atom is -1.00 e. The van der Waals surface area contributed by atoms with E-state index in [1.165, 1.54) is 0 Å². The number of amides is 1. The van der Waals surface area contributed by atoms with Crippen molar-refractivity contribution in [3.8, 4) is 0 Å². The number of nitrogens with zero attached hydrogens (tertiary/aromatic N) is 3. The van der Waals surface area contributed by atoms with E-state index in [-0.39, 0.29) is 79.2 Å². The second kappa shape index (κ2) is 15.1. The SMILES string of the molecule is Cc1ncc(C[n+]2csc(CCOC(=O)CCNC(=O)[C@H](O)C(C)(C)CO)c2C)c(N)n1.Cl.[Ca+2].[H-].[H-]. The Labute approximate surface area is 242 Å². The molecule has 0 unspecified atom stereocenters. The Hall–Kier alpha value is -1.08. The van der Waals surface area contributed by atoms with Crippen molar-refractivity contribution in [2.24, 2.45) is 5.41 Å². The average molecular weight is 545 g/mol. The second-order valence-corrected chi connectivity index (χ2v) is 9.19. The van der Waals surface area contributed by atoms with E-state index in [2.05, 4.69) is 19.9 Å². The second-order valence-electron chi connectivity index (χ2n) is 8.25. The molecule has 0 aliphatic rings. The van der Waals surface area contributed by atoms with Crippen LogP contribution in [0.15, 0.2) is 11.7 Å². The van der Waals surface area contributed by atoms with Crippen molar-refractivity contribution in [2.75, 3.05) is 25.5 Å². The van der Waals surface area contributed by atoms with Gasteiger partial charge in [0, 0.05) is 31.5 Å². The Balaban J connectivity index is -0.00000272. The third-order valence-electron chi connectivity index (χ3n) is 5.13. The number of hydrogen-bond donors (Lipinski definition) is 4.